The molecular weight excluding hydrogens is 248 g/mol. The van der Waals surface area contributed by atoms with Gasteiger partial charge in [-0.25, -0.2) is 4.79 Å². The molecule has 2 aromatic rings. The van der Waals surface area contributed by atoms with Crippen molar-refractivity contribution < 1.29 is 4.79 Å². The summed E-state index contributed by atoms with van der Waals surface area (Å²) in [4.78, 5) is 20.9. The highest BCUT2D eigenvalue weighted by atomic mass is 16.2. The van der Waals surface area contributed by atoms with Crippen LogP contribution < -0.4 is 16.4 Å². The van der Waals surface area contributed by atoms with Crippen LogP contribution in [-0.4, -0.2) is 58.3 Å². The number of nitrogens with two attached hydrogens (primary N) is 1. The molecule has 5 N–H and O–H groups in total. The van der Waals surface area contributed by atoms with Crippen molar-refractivity contribution >= 4 is 28.8 Å². The molecule has 0 spiro atoms. The molecule has 0 saturated heterocycles. The monoisotopic (exact) mass is 264 g/mol. The lowest BCUT2D eigenvalue weighted by atomic mass is 10.4. The summed E-state index contributed by atoms with van der Waals surface area (Å²) < 4.78 is 0. The second-order valence-electron chi connectivity index (χ2n) is 4.12. The van der Waals surface area contributed by atoms with E-state index in [-0.39, 0.29) is 12.0 Å². The molecule has 2 amide bonds. The van der Waals surface area contributed by atoms with Crippen LogP contribution in [0.3, 0.4) is 0 Å². The first kappa shape index (κ1) is 12.9. The lowest BCUT2D eigenvalue weighted by molar-refractivity contribution is 0.218. The molecule has 102 valence electrons. The highest BCUT2D eigenvalue weighted by Crippen LogP contribution is 2.17. The molecule has 0 fully saturated rings. The van der Waals surface area contributed by atoms with Gasteiger partial charge in [0.2, 0.25) is 5.95 Å². The summed E-state index contributed by atoms with van der Waals surface area (Å²) in [5.41, 5.74) is 6.17. The Morgan fingerprint density at radius 1 is 1.42 bits per heavy atom. The normalized spacial score (nSPS) is 10.4. The van der Waals surface area contributed by atoms with Crippen molar-refractivity contribution in [1.82, 2.24) is 30.4 Å². The van der Waals surface area contributed by atoms with E-state index < -0.39 is 0 Å². The van der Waals surface area contributed by atoms with Gasteiger partial charge in [0.15, 0.2) is 5.65 Å². The average Bonchev–Trinajstić information content (AvgIpc) is 2.81. The van der Waals surface area contributed by atoms with Gasteiger partial charge in [-0.3, -0.25) is 5.10 Å². The van der Waals surface area contributed by atoms with Gasteiger partial charge in [-0.15, -0.1) is 0 Å². The van der Waals surface area contributed by atoms with Gasteiger partial charge in [-0.2, -0.15) is 15.1 Å². The number of H-pyrrole nitrogens is 1. The van der Waals surface area contributed by atoms with E-state index in [9.17, 15) is 4.79 Å². The first-order chi connectivity index (χ1) is 9.08. The number of urea groups is 1. The molecule has 0 saturated carbocycles. The molecule has 0 radical (unpaired) electrons. The van der Waals surface area contributed by atoms with E-state index in [4.69, 9.17) is 5.73 Å². The van der Waals surface area contributed by atoms with Crippen molar-refractivity contribution in [2.45, 2.75) is 0 Å². The maximum atomic E-state index is 11.3. The van der Waals surface area contributed by atoms with Crippen molar-refractivity contribution in [3.63, 3.8) is 0 Å². The number of rotatable bonds is 4. The Balaban J connectivity index is 1.94. The van der Waals surface area contributed by atoms with E-state index in [0.717, 1.165) is 5.39 Å². The molecule has 19 heavy (non-hydrogen) atoms. The third-order valence-electron chi connectivity index (χ3n) is 2.43. The second-order valence-corrected chi connectivity index (χ2v) is 4.12. The number of fused-ring (bicyclic) bond motifs is 1. The fraction of sp³-hybridized carbons (Fsp3) is 0.400. The number of amides is 2. The Hall–Kier alpha value is -2.58. The molecule has 0 aromatic carbocycles. The molecule has 9 nitrogen and oxygen atoms in total. The molecule has 0 aliphatic carbocycles. The van der Waals surface area contributed by atoms with Crippen LogP contribution in [0, 0.1) is 0 Å². The lowest BCUT2D eigenvalue weighted by Crippen LogP contribution is -2.37. The van der Waals surface area contributed by atoms with E-state index in [1.807, 2.05) is 0 Å². The summed E-state index contributed by atoms with van der Waals surface area (Å²) >= 11 is 0. The molecule has 2 rings (SSSR count). The van der Waals surface area contributed by atoms with Gasteiger partial charge in [-0.1, -0.05) is 0 Å². The number of nitrogen functional groups attached to an aromatic ring is 1. The molecule has 2 aromatic heterocycles. The predicted molar refractivity (Wildman–Crippen MR) is 71.7 cm³/mol. The van der Waals surface area contributed by atoms with Crippen molar-refractivity contribution in [2.75, 3.05) is 38.2 Å². The summed E-state index contributed by atoms with van der Waals surface area (Å²) in [6.45, 7) is 0.997. The van der Waals surface area contributed by atoms with E-state index in [2.05, 4.69) is 30.8 Å². The number of carbonyl (C=O) groups excluding carboxylic acids is 1. The largest absolute Gasteiger partial charge is 0.368 e. The summed E-state index contributed by atoms with van der Waals surface area (Å²) in [5, 5.41) is 13.2. The topological polar surface area (TPSA) is 125 Å². The number of anilines is 2. The molecule has 0 bridgehead atoms. The van der Waals surface area contributed by atoms with Crippen LogP contribution in [0.2, 0.25) is 0 Å². The first-order valence-corrected chi connectivity index (χ1v) is 5.73. The zero-order valence-corrected chi connectivity index (χ0v) is 10.8. The van der Waals surface area contributed by atoms with Gasteiger partial charge < -0.3 is 21.3 Å². The highest BCUT2D eigenvalue weighted by Gasteiger charge is 2.07. The minimum Gasteiger partial charge on any atom is -0.368 e. The molecule has 0 aliphatic heterocycles. The van der Waals surface area contributed by atoms with Gasteiger partial charge >= 0.3 is 6.03 Å². The molecular formula is C10H16N8O. The summed E-state index contributed by atoms with van der Waals surface area (Å²) in [7, 11) is 3.37. The highest BCUT2D eigenvalue weighted by molar-refractivity contribution is 5.86. The number of carbonyl (C=O) groups is 1. The number of hydrogen-bond donors (Lipinski definition) is 4. The molecule has 0 aliphatic rings. The third kappa shape index (κ3) is 3.00. The van der Waals surface area contributed by atoms with Crippen LogP contribution in [0.1, 0.15) is 0 Å². The van der Waals surface area contributed by atoms with E-state index >= 15 is 0 Å². The minimum atomic E-state index is -0.141. The van der Waals surface area contributed by atoms with E-state index in [1.54, 1.807) is 20.3 Å². The summed E-state index contributed by atoms with van der Waals surface area (Å²) in [5.74, 6) is 0.756. The summed E-state index contributed by atoms with van der Waals surface area (Å²) in [6, 6.07) is -0.141. The van der Waals surface area contributed by atoms with Crippen molar-refractivity contribution in [3.8, 4) is 0 Å². The summed E-state index contributed by atoms with van der Waals surface area (Å²) in [6.07, 6.45) is 1.62. The molecule has 2 heterocycles. The zero-order chi connectivity index (χ0) is 13.8. The Morgan fingerprint density at radius 2 is 2.21 bits per heavy atom. The number of nitrogens with one attached hydrogen (secondary N) is 3. The lowest BCUT2D eigenvalue weighted by Gasteiger charge is -2.12. The fourth-order valence-corrected chi connectivity index (χ4v) is 1.50. The molecule has 0 atom stereocenters. The number of nitrogens with zero attached hydrogens (tertiary/aromatic N) is 4. The quantitative estimate of drug-likeness (QED) is 0.558. The van der Waals surface area contributed by atoms with Gasteiger partial charge in [0.25, 0.3) is 0 Å². The van der Waals surface area contributed by atoms with Gasteiger partial charge in [-0.05, 0) is 0 Å². The number of aromatic nitrogens is 4. The number of aromatic amines is 1. The van der Waals surface area contributed by atoms with Crippen LogP contribution in [-0.2, 0) is 0 Å². The number of hydrogen-bond acceptors (Lipinski definition) is 6. The Labute approximate surface area is 109 Å². The smallest absolute Gasteiger partial charge is 0.316 e. The van der Waals surface area contributed by atoms with Gasteiger partial charge in [0, 0.05) is 27.2 Å². The second kappa shape index (κ2) is 5.38. The van der Waals surface area contributed by atoms with Gasteiger partial charge in [0.05, 0.1) is 11.6 Å². The standard InChI is InChI=1S/C10H16N8O/c1-18(2)10(19)13-4-3-12-7-6-5-14-17-8(6)16-9(11)15-7/h5H,3-4H2,1-2H3,(H,13,19)(H4,11,12,14,15,16,17). The maximum absolute atomic E-state index is 11.3. The Kier molecular flexibility index (Phi) is 3.64. The Bertz CT molecular complexity index is 578. The van der Waals surface area contributed by atoms with Crippen molar-refractivity contribution in [2.24, 2.45) is 0 Å². The third-order valence-corrected chi connectivity index (χ3v) is 2.43. The van der Waals surface area contributed by atoms with Crippen LogP contribution in [0.15, 0.2) is 6.20 Å². The molecule has 0 unspecified atom stereocenters. The van der Waals surface area contributed by atoms with Crippen LogP contribution >= 0.6 is 0 Å². The van der Waals surface area contributed by atoms with E-state index in [0.29, 0.717) is 24.6 Å². The SMILES string of the molecule is CN(C)C(=O)NCCNc1nc(N)nc2[nH]ncc12. The average molecular weight is 264 g/mol. The van der Waals surface area contributed by atoms with Crippen LogP contribution in [0.25, 0.3) is 11.0 Å². The maximum Gasteiger partial charge on any atom is 0.316 e. The van der Waals surface area contributed by atoms with E-state index in [1.165, 1.54) is 4.90 Å². The van der Waals surface area contributed by atoms with Crippen LogP contribution in [0.5, 0.6) is 0 Å². The fourth-order valence-electron chi connectivity index (χ4n) is 1.50. The van der Waals surface area contributed by atoms with Crippen molar-refractivity contribution in [3.05, 3.63) is 6.20 Å². The predicted octanol–water partition coefficient (Wildman–Crippen LogP) is -0.382. The minimum absolute atomic E-state index is 0.141. The van der Waals surface area contributed by atoms with Crippen LogP contribution in [0.4, 0.5) is 16.6 Å². The van der Waals surface area contributed by atoms with Gasteiger partial charge in [0.1, 0.15) is 5.82 Å². The Morgan fingerprint density at radius 3 is 2.95 bits per heavy atom. The van der Waals surface area contributed by atoms with Crippen molar-refractivity contribution in [1.29, 1.82) is 0 Å². The molecule has 9 heteroatoms. The first-order valence-electron chi connectivity index (χ1n) is 5.73. The zero-order valence-electron chi connectivity index (χ0n) is 10.8.